The van der Waals surface area contributed by atoms with E-state index in [0.29, 0.717) is 22.4 Å². The predicted molar refractivity (Wildman–Crippen MR) is 129 cm³/mol. The minimum atomic E-state index is -0.922. The standard InChI is InChI=1S/C28H24FNO5/c1-4-35-28(34)18-8-11-21(12-9-18)30-24(19-7-5-6-16(2)14-19)23(26(32)27(30)33)25(31)20-10-13-22(29)17(3)15-20/h5-15,24,31H,4H2,1-3H3/b25-23-. The highest BCUT2D eigenvalue weighted by atomic mass is 19.1. The van der Waals surface area contributed by atoms with Gasteiger partial charge >= 0.3 is 5.97 Å². The minimum absolute atomic E-state index is 0.0962. The zero-order chi connectivity index (χ0) is 25.3. The van der Waals surface area contributed by atoms with E-state index in [1.165, 1.54) is 35.2 Å². The molecule has 0 bridgehead atoms. The van der Waals surface area contributed by atoms with Crippen molar-refractivity contribution >= 4 is 29.1 Å². The van der Waals surface area contributed by atoms with Gasteiger partial charge in [-0.25, -0.2) is 9.18 Å². The number of ether oxygens (including phenoxy) is 1. The molecule has 0 radical (unpaired) electrons. The first-order valence-electron chi connectivity index (χ1n) is 11.1. The Kier molecular flexibility index (Phi) is 6.51. The summed E-state index contributed by atoms with van der Waals surface area (Å²) < 4.78 is 18.8. The number of nitrogens with zero attached hydrogens (tertiary/aromatic N) is 1. The van der Waals surface area contributed by atoms with Gasteiger partial charge in [0, 0.05) is 11.3 Å². The molecule has 0 spiro atoms. The van der Waals surface area contributed by atoms with E-state index in [1.54, 1.807) is 38.1 Å². The molecule has 7 heteroatoms. The van der Waals surface area contributed by atoms with E-state index in [2.05, 4.69) is 0 Å². The van der Waals surface area contributed by atoms with Gasteiger partial charge in [0.2, 0.25) is 0 Å². The Morgan fingerprint density at radius 1 is 1.00 bits per heavy atom. The summed E-state index contributed by atoms with van der Waals surface area (Å²) in [6.07, 6.45) is 0. The topological polar surface area (TPSA) is 83.9 Å². The molecule has 0 aromatic heterocycles. The van der Waals surface area contributed by atoms with Crippen LogP contribution in [0.15, 0.2) is 72.3 Å². The third-order valence-corrected chi connectivity index (χ3v) is 5.89. The summed E-state index contributed by atoms with van der Waals surface area (Å²) in [4.78, 5) is 39.8. The summed E-state index contributed by atoms with van der Waals surface area (Å²) in [5.41, 5.74) is 2.65. The fourth-order valence-corrected chi connectivity index (χ4v) is 4.17. The van der Waals surface area contributed by atoms with E-state index in [9.17, 15) is 23.9 Å². The van der Waals surface area contributed by atoms with Crippen molar-refractivity contribution in [2.45, 2.75) is 26.8 Å². The van der Waals surface area contributed by atoms with Gasteiger partial charge in [0.25, 0.3) is 11.7 Å². The SMILES string of the molecule is CCOC(=O)c1ccc(N2C(=O)C(=O)/C(=C(\O)c3ccc(F)c(C)c3)C2c2cccc(C)c2)cc1. The van der Waals surface area contributed by atoms with E-state index >= 15 is 0 Å². The summed E-state index contributed by atoms with van der Waals surface area (Å²) in [6, 6.07) is 16.5. The molecule has 4 rings (SSSR count). The molecule has 6 nitrogen and oxygen atoms in total. The lowest BCUT2D eigenvalue weighted by Crippen LogP contribution is -2.29. The molecule has 1 atom stereocenters. The van der Waals surface area contributed by atoms with Crippen LogP contribution >= 0.6 is 0 Å². The number of ketones is 1. The molecule has 1 aliphatic heterocycles. The number of aryl methyl sites for hydroxylation is 2. The molecule has 1 aliphatic rings. The van der Waals surface area contributed by atoms with Gasteiger partial charge in [-0.1, -0.05) is 29.8 Å². The number of carbonyl (C=O) groups excluding carboxylic acids is 3. The predicted octanol–water partition coefficient (Wildman–Crippen LogP) is 5.25. The highest BCUT2D eigenvalue weighted by Crippen LogP contribution is 2.42. The molecule has 0 saturated carbocycles. The van der Waals surface area contributed by atoms with Gasteiger partial charge in [0.05, 0.1) is 23.8 Å². The van der Waals surface area contributed by atoms with E-state index < -0.39 is 29.5 Å². The van der Waals surface area contributed by atoms with Crippen molar-refractivity contribution in [2.75, 3.05) is 11.5 Å². The number of anilines is 1. The molecule has 178 valence electrons. The molecular formula is C28H24FNO5. The molecule has 3 aromatic rings. The lowest BCUT2D eigenvalue weighted by atomic mass is 9.94. The normalized spacial score (nSPS) is 17.0. The number of carbonyl (C=O) groups is 3. The Hall–Kier alpha value is -4.26. The smallest absolute Gasteiger partial charge is 0.338 e. The van der Waals surface area contributed by atoms with Crippen LogP contribution in [-0.4, -0.2) is 29.4 Å². The first-order valence-corrected chi connectivity index (χ1v) is 11.1. The van der Waals surface area contributed by atoms with Crippen LogP contribution < -0.4 is 4.90 Å². The number of hydrogen-bond donors (Lipinski definition) is 1. The van der Waals surface area contributed by atoms with Crippen LogP contribution in [0.1, 0.15) is 45.6 Å². The Balaban J connectivity index is 1.88. The van der Waals surface area contributed by atoms with Crippen molar-refractivity contribution in [3.63, 3.8) is 0 Å². The Morgan fingerprint density at radius 2 is 1.69 bits per heavy atom. The maximum atomic E-state index is 13.8. The fourth-order valence-electron chi connectivity index (χ4n) is 4.17. The number of amides is 1. The van der Waals surface area contributed by atoms with Crippen molar-refractivity contribution in [1.29, 1.82) is 0 Å². The van der Waals surface area contributed by atoms with Gasteiger partial charge in [0.15, 0.2) is 0 Å². The van der Waals surface area contributed by atoms with Crippen LogP contribution in [0.4, 0.5) is 10.1 Å². The van der Waals surface area contributed by atoms with Crippen LogP contribution in [0, 0.1) is 19.7 Å². The van der Waals surface area contributed by atoms with Crippen LogP contribution in [-0.2, 0) is 14.3 Å². The van der Waals surface area contributed by atoms with Crippen molar-refractivity contribution in [2.24, 2.45) is 0 Å². The average molecular weight is 474 g/mol. The van der Waals surface area contributed by atoms with Gasteiger partial charge in [-0.05, 0) is 74.4 Å². The van der Waals surface area contributed by atoms with Gasteiger partial charge in [0.1, 0.15) is 11.6 Å². The third kappa shape index (κ3) is 4.45. The minimum Gasteiger partial charge on any atom is -0.507 e. The quantitative estimate of drug-likeness (QED) is 0.237. The summed E-state index contributed by atoms with van der Waals surface area (Å²) in [5.74, 6) is -3.00. The van der Waals surface area contributed by atoms with Gasteiger partial charge in [-0.2, -0.15) is 0 Å². The van der Waals surface area contributed by atoms with E-state index in [-0.39, 0.29) is 23.5 Å². The average Bonchev–Trinajstić information content (AvgIpc) is 3.11. The Morgan fingerprint density at radius 3 is 2.31 bits per heavy atom. The molecule has 0 aliphatic carbocycles. The highest BCUT2D eigenvalue weighted by molar-refractivity contribution is 6.51. The van der Waals surface area contributed by atoms with Crippen molar-refractivity contribution in [3.05, 3.63) is 106 Å². The van der Waals surface area contributed by atoms with Crippen LogP contribution in [0.2, 0.25) is 0 Å². The second-order valence-electron chi connectivity index (χ2n) is 8.31. The number of halogens is 1. The Bertz CT molecular complexity index is 1360. The molecule has 1 fully saturated rings. The van der Waals surface area contributed by atoms with Crippen LogP contribution in [0.25, 0.3) is 5.76 Å². The van der Waals surface area contributed by atoms with E-state index in [0.717, 1.165) is 5.56 Å². The molecule has 1 saturated heterocycles. The number of Topliss-reactive ketones (excluding diaryl/α,β-unsaturated/α-hetero) is 1. The van der Waals surface area contributed by atoms with Crippen molar-refractivity contribution in [3.8, 4) is 0 Å². The molecule has 1 heterocycles. The van der Waals surface area contributed by atoms with E-state index in [4.69, 9.17) is 4.74 Å². The largest absolute Gasteiger partial charge is 0.507 e. The molecule has 35 heavy (non-hydrogen) atoms. The molecular weight excluding hydrogens is 449 g/mol. The number of hydrogen-bond acceptors (Lipinski definition) is 5. The number of benzene rings is 3. The van der Waals surface area contributed by atoms with Gasteiger partial charge < -0.3 is 9.84 Å². The first kappa shape index (κ1) is 23.9. The number of aliphatic hydroxyl groups excluding tert-OH is 1. The molecule has 1 amide bonds. The van der Waals surface area contributed by atoms with Crippen molar-refractivity contribution in [1.82, 2.24) is 0 Å². The highest BCUT2D eigenvalue weighted by Gasteiger charge is 2.47. The monoisotopic (exact) mass is 473 g/mol. The lowest BCUT2D eigenvalue weighted by Gasteiger charge is -2.26. The fraction of sp³-hybridized carbons (Fsp3) is 0.179. The molecule has 3 aromatic carbocycles. The summed E-state index contributed by atoms with van der Waals surface area (Å²) >= 11 is 0. The van der Waals surface area contributed by atoms with Gasteiger partial charge in [-0.15, -0.1) is 0 Å². The van der Waals surface area contributed by atoms with Gasteiger partial charge in [-0.3, -0.25) is 14.5 Å². The maximum absolute atomic E-state index is 13.8. The van der Waals surface area contributed by atoms with Crippen LogP contribution in [0.5, 0.6) is 0 Å². The third-order valence-electron chi connectivity index (χ3n) is 5.89. The second kappa shape index (κ2) is 9.54. The first-order chi connectivity index (χ1) is 16.7. The summed E-state index contributed by atoms with van der Waals surface area (Å²) in [5, 5.41) is 11.2. The second-order valence-corrected chi connectivity index (χ2v) is 8.31. The lowest BCUT2D eigenvalue weighted by molar-refractivity contribution is -0.132. The molecule has 1 N–H and O–H groups in total. The van der Waals surface area contributed by atoms with Crippen LogP contribution in [0.3, 0.4) is 0 Å². The zero-order valence-corrected chi connectivity index (χ0v) is 19.5. The number of aliphatic hydroxyl groups is 1. The Labute approximate surface area is 202 Å². The zero-order valence-electron chi connectivity index (χ0n) is 19.5. The number of esters is 1. The molecule has 1 unspecified atom stereocenters. The van der Waals surface area contributed by atoms with E-state index in [1.807, 2.05) is 19.1 Å². The number of rotatable bonds is 5. The van der Waals surface area contributed by atoms with Crippen molar-refractivity contribution < 1.29 is 28.6 Å². The summed E-state index contributed by atoms with van der Waals surface area (Å²) in [7, 11) is 0. The summed E-state index contributed by atoms with van der Waals surface area (Å²) in [6.45, 7) is 5.36. The maximum Gasteiger partial charge on any atom is 0.338 e.